The van der Waals surface area contributed by atoms with E-state index in [-0.39, 0.29) is 16.8 Å². The summed E-state index contributed by atoms with van der Waals surface area (Å²) in [6, 6.07) is 10.1. The molecule has 1 aromatic heterocycles. The molecule has 0 spiro atoms. The van der Waals surface area contributed by atoms with E-state index in [2.05, 4.69) is 24.1 Å². The maximum atomic E-state index is 13.2. The zero-order valence-electron chi connectivity index (χ0n) is 18.9. The lowest BCUT2D eigenvalue weighted by Crippen LogP contribution is -2.42. The van der Waals surface area contributed by atoms with Crippen LogP contribution in [0.5, 0.6) is 0 Å². The Labute approximate surface area is 190 Å². The number of carbonyl (C=O) groups excluding carboxylic acids is 1. The lowest BCUT2D eigenvalue weighted by atomic mass is 9.94. The number of furan rings is 1. The summed E-state index contributed by atoms with van der Waals surface area (Å²) in [5.41, 5.74) is 0.351. The smallest absolute Gasteiger partial charge is 0.251 e. The van der Waals surface area contributed by atoms with Crippen LogP contribution in [0.2, 0.25) is 0 Å². The van der Waals surface area contributed by atoms with Crippen molar-refractivity contribution in [2.24, 2.45) is 11.8 Å². The summed E-state index contributed by atoms with van der Waals surface area (Å²) in [7, 11) is -3.63. The number of likely N-dealkylation sites (tertiary alicyclic amines) is 1. The fourth-order valence-corrected chi connectivity index (χ4v) is 6.71. The van der Waals surface area contributed by atoms with Gasteiger partial charge < -0.3 is 9.73 Å². The fraction of sp³-hybridized carbons (Fsp3) is 0.542. The van der Waals surface area contributed by atoms with Gasteiger partial charge in [-0.15, -0.1) is 0 Å². The topological polar surface area (TPSA) is 82.9 Å². The molecule has 1 aromatic carbocycles. The summed E-state index contributed by atoms with van der Waals surface area (Å²) in [5, 5.41) is 2.99. The predicted molar refractivity (Wildman–Crippen MR) is 123 cm³/mol. The third-order valence-corrected chi connectivity index (χ3v) is 8.31. The number of hydrogen-bond donors (Lipinski definition) is 1. The first-order valence-electron chi connectivity index (χ1n) is 11.5. The minimum absolute atomic E-state index is 0.0281. The van der Waals surface area contributed by atoms with Crippen LogP contribution in [0.1, 0.15) is 55.3 Å². The van der Waals surface area contributed by atoms with Gasteiger partial charge in [0, 0.05) is 25.2 Å². The van der Waals surface area contributed by atoms with Crippen molar-refractivity contribution in [2.45, 2.75) is 44.0 Å². The first kappa shape index (κ1) is 23.0. The minimum atomic E-state index is -3.63. The summed E-state index contributed by atoms with van der Waals surface area (Å²) in [6.45, 7) is 7.55. The maximum Gasteiger partial charge on any atom is 0.251 e. The number of piperidine rings is 1. The van der Waals surface area contributed by atoms with E-state index >= 15 is 0 Å². The Morgan fingerprint density at radius 3 is 2.50 bits per heavy atom. The highest BCUT2D eigenvalue weighted by Crippen LogP contribution is 2.28. The van der Waals surface area contributed by atoms with Crippen molar-refractivity contribution in [1.82, 2.24) is 14.5 Å². The van der Waals surface area contributed by atoms with Crippen molar-refractivity contribution in [3.05, 3.63) is 54.0 Å². The van der Waals surface area contributed by atoms with Gasteiger partial charge in [-0.2, -0.15) is 4.31 Å². The average molecular weight is 460 g/mol. The number of rotatable bonds is 7. The molecule has 0 saturated carbocycles. The summed E-state index contributed by atoms with van der Waals surface area (Å²) in [4.78, 5) is 15.4. The van der Waals surface area contributed by atoms with Crippen LogP contribution in [0.3, 0.4) is 0 Å². The first-order chi connectivity index (χ1) is 15.3. The van der Waals surface area contributed by atoms with Crippen molar-refractivity contribution in [1.29, 1.82) is 0 Å². The monoisotopic (exact) mass is 459 g/mol. The van der Waals surface area contributed by atoms with Crippen molar-refractivity contribution in [3.63, 3.8) is 0 Å². The van der Waals surface area contributed by atoms with E-state index in [0.717, 1.165) is 38.1 Å². The highest BCUT2D eigenvalue weighted by molar-refractivity contribution is 7.89. The van der Waals surface area contributed by atoms with Gasteiger partial charge >= 0.3 is 0 Å². The second-order valence-corrected chi connectivity index (χ2v) is 11.2. The van der Waals surface area contributed by atoms with Crippen LogP contribution < -0.4 is 5.32 Å². The number of hydrogen-bond acceptors (Lipinski definition) is 5. The molecule has 174 valence electrons. The molecule has 3 heterocycles. The lowest BCUT2D eigenvalue weighted by Gasteiger charge is -2.34. The van der Waals surface area contributed by atoms with E-state index in [1.54, 1.807) is 28.8 Å². The first-order valence-corrected chi connectivity index (χ1v) is 12.9. The van der Waals surface area contributed by atoms with E-state index in [1.807, 2.05) is 12.1 Å². The van der Waals surface area contributed by atoms with Gasteiger partial charge in [-0.25, -0.2) is 8.42 Å². The number of carbonyl (C=O) groups is 1. The van der Waals surface area contributed by atoms with E-state index < -0.39 is 10.0 Å². The van der Waals surface area contributed by atoms with Crippen LogP contribution in [-0.2, 0) is 10.0 Å². The molecule has 0 radical (unpaired) electrons. The van der Waals surface area contributed by atoms with Crippen LogP contribution >= 0.6 is 0 Å². The highest BCUT2D eigenvalue weighted by atomic mass is 32.2. The molecule has 0 bridgehead atoms. The molecule has 4 rings (SSSR count). The largest absolute Gasteiger partial charge is 0.468 e. The zero-order valence-corrected chi connectivity index (χ0v) is 19.7. The Morgan fingerprint density at radius 1 is 1.12 bits per heavy atom. The molecule has 2 aliphatic heterocycles. The van der Waals surface area contributed by atoms with Crippen molar-refractivity contribution in [3.8, 4) is 0 Å². The molecule has 32 heavy (non-hydrogen) atoms. The van der Waals surface area contributed by atoms with Gasteiger partial charge in [0.15, 0.2) is 0 Å². The number of nitrogens with zero attached hydrogens (tertiary/aromatic N) is 2. The lowest BCUT2D eigenvalue weighted by molar-refractivity contribution is 0.0933. The summed E-state index contributed by atoms with van der Waals surface area (Å²) >= 11 is 0. The van der Waals surface area contributed by atoms with Gasteiger partial charge in [-0.05, 0) is 74.5 Å². The molecule has 2 saturated heterocycles. The van der Waals surface area contributed by atoms with Gasteiger partial charge in [0.05, 0.1) is 17.2 Å². The van der Waals surface area contributed by atoms with Gasteiger partial charge in [0.2, 0.25) is 10.0 Å². The molecule has 3 unspecified atom stereocenters. The molecule has 1 N–H and O–H groups in total. The molecule has 2 aromatic rings. The summed E-state index contributed by atoms with van der Waals surface area (Å²) in [6.07, 6.45) is 4.96. The number of amides is 1. The molecule has 3 atom stereocenters. The van der Waals surface area contributed by atoms with E-state index in [1.165, 1.54) is 6.07 Å². The number of benzene rings is 1. The van der Waals surface area contributed by atoms with E-state index in [0.29, 0.717) is 37.0 Å². The third-order valence-electron chi connectivity index (χ3n) is 6.48. The van der Waals surface area contributed by atoms with Gasteiger partial charge in [0.1, 0.15) is 5.76 Å². The Kier molecular flexibility index (Phi) is 7.02. The average Bonchev–Trinajstić information content (AvgIpc) is 3.48. The van der Waals surface area contributed by atoms with Crippen molar-refractivity contribution in [2.75, 3.05) is 32.7 Å². The second-order valence-electron chi connectivity index (χ2n) is 9.28. The standard InChI is InChI=1S/C24H33N3O4S/c1-18-13-19(2)17-27(16-18)32(29,30)21-8-5-7-20(14-21)24(28)25-15-22(23-9-6-12-31-23)26-10-3-4-11-26/h5-9,12,14,18-19,22H,3-4,10-11,13,15-17H2,1-2H3,(H,25,28). The SMILES string of the molecule is CC1CC(C)CN(S(=O)(=O)c2cccc(C(=O)NCC(c3ccco3)N3CCCC3)c2)C1. The quantitative estimate of drug-likeness (QED) is 0.685. The van der Waals surface area contributed by atoms with Crippen LogP contribution in [0.15, 0.2) is 52.0 Å². The van der Waals surface area contributed by atoms with Gasteiger partial charge in [0.25, 0.3) is 5.91 Å². The minimum Gasteiger partial charge on any atom is -0.468 e. The predicted octanol–water partition coefficient (Wildman–Crippen LogP) is 3.51. The van der Waals surface area contributed by atoms with E-state index in [4.69, 9.17) is 4.42 Å². The van der Waals surface area contributed by atoms with Crippen molar-refractivity contribution < 1.29 is 17.6 Å². The zero-order chi connectivity index (χ0) is 22.7. The Bertz CT molecular complexity index is 1010. The van der Waals surface area contributed by atoms with Crippen LogP contribution in [0.4, 0.5) is 0 Å². The summed E-state index contributed by atoms with van der Waals surface area (Å²) in [5.74, 6) is 1.20. The number of nitrogens with one attached hydrogen (secondary N) is 1. The van der Waals surface area contributed by atoms with Crippen LogP contribution in [0, 0.1) is 11.8 Å². The number of sulfonamides is 1. The van der Waals surface area contributed by atoms with Crippen molar-refractivity contribution >= 4 is 15.9 Å². The van der Waals surface area contributed by atoms with Gasteiger partial charge in [-0.1, -0.05) is 19.9 Å². The molecule has 7 nitrogen and oxygen atoms in total. The molecule has 2 aliphatic rings. The Hall–Kier alpha value is -2.16. The van der Waals surface area contributed by atoms with Crippen LogP contribution in [0.25, 0.3) is 0 Å². The van der Waals surface area contributed by atoms with E-state index in [9.17, 15) is 13.2 Å². The highest BCUT2D eigenvalue weighted by Gasteiger charge is 2.32. The van der Waals surface area contributed by atoms with Crippen LogP contribution in [-0.4, -0.2) is 56.3 Å². The van der Waals surface area contributed by atoms with Gasteiger partial charge in [-0.3, -0.25) is 9.69 Å². The Balaban J connectivity index is 1.47. The molecular weight excluding hydrogens is 426 g/mol. The molecule has 8 heteroatoms. The normalized spacial score (nSPS) is 23.8. The maximum absolute atomic E-state index is 13.2. The second kappa shape index (κ2) is 9.77. The summed E-state index contributed by atoms with van der Waals surface area (Å²) < 4.78 is 33.6. The molecular formula is C24H33N3O4S. The fourth-order valence-electron chi connectivity index (χ4n) is 4.98. The molecule has 0 aliphatic carbocycles. The third kappa shape index (κ3) is 5.08. The Morgan fingerprint density at radius 2 is 1.84 bits per heavy atom. The molecule has 2 fully saturated rings. The molecule has 1 amide bonds.